The second-order valence-electron chi connectivity index (χ2n) is 6.16. The molecule has 0 N–H and O–H groups in total. The SMILES string of the molecule is CCn1ccnc1C1CCN(S(=O)(=O)c2cc(F)ccc2C)CC1. The van der Waals surface area contributed by atoms with E-state index in [1.165, 1.54) is 16.4 Å². The fourth-order valence-electron chi connectivity index (χ4n) is 3.29. The Bertz CT molecular complexity index is 824. The molecule has 1 aliphatic heterocycles. The molecule has 1 aromatic heterocycles. The van der Waals surface area contributed by atoms with Crippen LogP contribution in [0.15, 0.2) is 35.5 Å². The van der Waals surface area contributed by atoms with E-state index in [1.54, 1.807) is 13.1 Å². The molecule has 24 heavy (non-hydrogen) atoms. The molecule has 0 spiro atoms. The van der Waals surface area contributed by atoms with Crippen molar-refractivity contribution in [2.45, 2.75) is 44.0 Å². The van der Waals surface area contributed by atoms with Gasteiger partial charge in [0.25, 0.3) is 0 Å². The molecule has 0 saturated carbocycles. The van der Waals surface area contributed by atoms with E-state index < -0.39 is 15.8 Å². The van der Waals surface area contributed by atoms with E-state index in [0.29, 0.717) is 18.7 Å². The zero-order chi connectivity index (χ0) is 17.3. The van der Waals surface area contributed by atoms with Gasteiger partial charge in [0.1, 0.15) is 11.6 Å². The number of halogens is 1. The normalized spacial score (nSPS) is 17.3. The van der Waals surface area contributed by atoms with Crippen LogP contribution >= 0.6 is 0 Å². The maximum atomic E-state index is 13.5. The van der Waals surface area contributed by atoms with Gasteiger partial charge in [-0.1, -0.05) is 6.07 Å². The minimum atomic E-state index is -3.66. The number of aryl methyl sites for hydroxylation is 2. The molecule has 3 rings (SSSR count). The first-order valence-electron chi connectivity index (χ1n) is 8.20. The van der Waals surface area contributed by atoms with Gasteiger partial charge in [-0.3, -0.25) is 0 Å². The van der Waals surface area contributed by atoms with Crippen molar-refractivity contribution in [3.63, 3.8) is 0 Å². The Morgan fingerprint density at radius 1 is 1.29 bits per heavy atom. The minimum Gasteiger partial charge on any atom is -0.335 e. The number of imidazole rings is 1. The van der Waals surface area contributed by atoms with Gasteiger partial charge in [0, 0.05) is 37.9 Å². The minimum absolute atomic E-state index is 0.0657. The summed E-state index contributed by atoms with van der Waals surface area (Å²) in [6, 6.07) is 3.90. The van der Waals surface area contributed by atoms with Crippen LogP contribution in [-0.4, -0.2) is 35.4 Å². The molecule has 2 aromatic rings. The van der Waals surface area contributed by atoms with Crippen LogP contribution in [0.5, 0.6) is 0 Å². The Morgan fingerprint density at radius 2 is 2.00 bits per heavy atom. The first-order valence-corrected chi connectivity index (χ1v) is 9.65. The maximum Gasteiger partial charge on any atom is 0.243 e. The van der Waals surface area contributed by atoms with Gasteiger partial charge >= 0.3 is 0 Å². The standard InChI is InChI=1S/C17H22FN3O2S/c1-3-20-11-8-19-17(20)14-6-9-21(10-7-14)24(22,23)16-12-15(18)5-4-13(16)2/h4-5,8,11-12,14H,3,6-7,9-10H2,1-2H3. The van der Waals surface area contributed by atoms with Gasteiger partial charge < -0.3 is 4.57 Å². The quantitative estimate of drug-likeness (QED) is 0.851. The van der Waals surface area contributed by atoms with Crippen molar-refractivity contribution in [1.82, 2.24) is 13.9 Å². The molecule has 0 radical (unpaired) electrons. The van der Waals surface area contributed by atoms with Gasteiger partial charge in [0.05, 0.1) is 4.90 Å². The molecule has 0 aliphatic carbocycles. The zero-order valence-electron chi connectivity index (χ0n) is 13.9. The number of hydrogen-bond donors (Lipinski definition) is 0. The first kappa shape index (κ1) is 17.1. The topological polar surface area (TPSA) is 55.2 Å². The lowest BCUT2D eigenvalue weighted by atomic mass is 9.97. The summed E-state index contributed by atoms with van der Waals surface area (Å²) in [7, 11) is -3.66. The van der Waals surface area contributed by atoms with E-state index in [1.807, 2.05) is 6.20 Å². The van der Waals surface area contributed by atoms with Crippen molar-refractivity contribution in [2.75, 3.05) is 13.1 Å². The second-order valence-corrected chi connectivity index (χ2v) is 8.07. The second kappa shape index (κ2) is 6.64. The molecule has 130 valence electrons. The molecule has 0 unspecified atom stereocenters. The van der Waals surface area contributed by atoms with Crippen LogP contribution in [0.25, 0.3) is 0 Å². The summed E-state index contributed by atoms with van der Waals surface area (Å²) in [5.74, 6) is 0.760. The highest BCUT2D eigenvalue weighted by molar-refractivity contribution is 7.89. The summed E-state index contributed by atoms with van der Waals surface area (Å²) in [4.78, 5) is 4.49. The molecule has 5 nitrogen and oxygen atoms in total. The Morgan fingerprint density at radius 3 is 2.67 bits per heavy atom. The summed E-state index contributed by atoms with van der Waals surface area (Å²) in [5, 5.41) is 0. The summed E-state index contributed by atoms with van der Waals surface area (Å²) in [6.45, 7) is 5.48. The van der Waals surface area contributed by atoms with Crippen molar-refractivity contribution in [2.24, 2.45) is 0 Å². The largest absolute Gasteiger partial charge is 0.335 e. The van der Waals surface area contributed by atoms with Crippen LogP contribution < -0.4 is 0 Å². The fraction of sp³-hybridized carbons (Fsp3) is 0.471. The third kappa shape index (κ3) is 3.10. The van der Waals surface area contributed by atoms with Crippen molar-refractivity contribution in [3.8, 4) is 0 Å². The van der Waals surface area contributed by atoms with Gasteiger partial charge in [-0.15, -0.1) is 0 Å². The van der Waals surface area contributed by atoms with Crippen LogP contribution in [0.3, 0.4) is 0 Å². The molecular weight excluding hydrogens is 329 g/mol. The lowest BCUT2D eigenvalue weighted by Gasteiger charge is -2.31. The zero-order valence-corrected chi connectivity index (χ0v) is 14.8. The Balaban J connectivity index is 1.77. The van der Waals surface area contributed by atoms with Crippen molar-refractivity contribution in [1.29, 1.82) is 0 Å². The smallest absolute Gasteiger partial charge is 0.243 e. The molecule has 1 saturated heterocycles. The van der Waals surface area contributed by atoms with Gasteiger partial charge in [-0.05, 0) is 44.4 Å². The number of piperidine rings is 1. The number of benzene rings is 1. The Kier molecular flexibility index (Phi) is 4.73. The highest BCUT2D eigenvalue weighted by Gasteiger charge is 2.32. The van der Waals surface area contributed by atoms with Gasteiger partial charge in [0.15, 0.2) is 0 Å². The average Bonchev–Trinajstić information content (AvgIpc) is 3.05. The molecule has 1 fully saturated rings. The van der Waals surface area contributed by atoms with Gasteiger partial charge in [0.2, 0.25) is 10.0 Å². The third-order valence-corrected chi connectivity index (χ3v) is 6.72. The van der Waals surface area contributed by atoms with Crippen LogP contribution in [0.1, 0.15) is 37.1 Å². The molecule has 1 aromatic carbocycles. The number of hydrogen-bond acceptors (Lipinski definition) is 3. The van der Waals surface area contributed by atoms with E-state index in [0.717, 1.165) is 31.3 Å². The van der Waals surface area contributed by atoms with E-state index in [-0.39, 0.29) is 10.8 Å². The first-order chi connectivity index (χ1) is 11.4. The molecular formula is C17H22FN3O2S. The Hall–Kier alpha value is -1.73. The summed E-state index contributed by atoms with van der Waals surface area (Å²) in [6.07, 6.45) is 5.20. The highest BCUT2D eigenvalue weighted by Crippen LogP contribution is 2.30. The number of aromatic nitrogens is 2. The number of sulfonamides is 1. The molecule has 7 heteroatoms. The van der Waals surface area contributed by atoms with Crippen molar-refractivity contribution < 1.29 is 12.8 Å². The summed E-state index contributed by atoms with van der Waals surface area (Å²) in [5.41, 5.74) is 0.569. The van der Waals surface area contributed by atoms with Crippen LogP contribution in [0.4, 0.5) is 4.39 Å². The lowest BCUT2D eigenvalue weighted by Crippen LogP contribution is -2.38. The average molecular weight is 351 g/mol. The van der Waals surface area contributed by atoms with Crippen molar-refractivity contribution in [3.05, 3.63) is 47.8 Å². The molecule has 1 aliphatic rings. The summed E-state index contributed by atoms with van der Waals surface area (Å²) >= 11 is 0. The van der Waals surface area contributed by atoms with E-state index in [9.17, 15) is 12.8 Å². The third-order valence-electron chi connectivity index (χ3n) is 4.68. The summed E-state index contributed by atoms with van der Waals surface area (Å²) < 4.78 is 42.7. The monoisotopic (exact) mass is 351 g/mol. The predicted molar refractivity (Wildman–Crippen MR) is 89.8 cm³/mol. The maximum absolute atomic E-state index is 13.5. The van der Waals surface area contributed by atoms with Gasteiger partial charge in [-0.2, -0.15) is 4.31 Å². The lowest BCUT2D eigenvalue weighted by molar-refractivity contribution is 0.309. The van der Waals surface area contributed by atoms with Crippen LogP contribution in [0.2, 0.25) is 0 Å². The molecule has 2 heterocycles. The van der Waals surface area contributed by atoms with E-state index in [2.05, 4.69) is 16.5 Å². The van der Waals surface area contributed by atoms with E-state index >= 15 is 0 Å². The van der Waals surface area contributed by atoms with E-state index in [4.69, 9.17) is 0 Å². The highest BCUT2D eigenvalue weighted by atomic mass is 32.2. The number of nitrogens with zero attached hydrogens (tertiary/aromatic N) is 3. The van der Waals surface area contributed by atoms with Crippen molar-refractivity contribution >= 4 is 10.0 Å². The fourth-order valence-corrected chi connectivity index (χ4v) is 5.00. The molecule has 0 amide bonds. The predicted octanol–water partition coefficient (Wildman–Crippen LogP) is 2.92. The molecule has 0 atom stereocenters. The van der Waals surface area contributed by atoms with Gasteiger partial charge in [-0.25, -0.2) is 17.8 Å². The Labute approximate surface area is 142 Å². The van der Waals surface area contributed by atoms with Crippen LogP contribution in [0, 0.1) is 12.7 Å². The van der Waals surface area contributed by atoms with Crippen LogP contribution in [-0.2, 0) is 16.6 Å². The number of rotatable bonds is 4. The molecule has 0 bridgehead atoms.